The number of halogens is 3. The van der Waals surface area contributed by atoms with Gasteiger partial charge in [-0.1, -0.05) is 125 Å². The van der Waals surface area contributed by atoms with Gasteiger partial charge in [-0.05, 0) is 195 Å². The number of hydrogen-bond donors (Lipinski definition) is 1. The summed E-state index contributed by atoms with van der Waals surface area (Å²) < 4.78 is 27.3. The number of aliphatic hydroxyl groups excluding tert-OH is 1. The van der Waals surface area contributed by atoms with Crippen LogP contribution >= 0.6 is 34.8 Å². The third kappa shape index (κ3) is 10.8. The molecule has 436 valence electrons. The summed E-state index contributed by atoms with van der Waals surface area (Å²) in [6.45, 7) is 24.3. The summed E-state index contributed by atoms with van der Waals surface area (Å²) in [5.41, 5.74) is 6.73. The van der Waals surface area contributed by atoms with E-state index in [1.165, 1.54) is 0 Å². The molecule has 17 atom stereocenters. The van der Waals surface area contributed by atoms with Gasteiger partial charge in [0.2, 0.25) is 11.6 Å². The summed E-state index contributed by atoms with van der Waals surface area (Å²) in [7, 11) is 0. The summed E-state index contributed by atoms with van der Waals surface area (Å²) in [5, 5.41) is 18.3. The number of fused-ring (bicyclic) bond motifs is 7. The maximum Gasteiger partial charge on any atom is 0.201 e. The Hall–Kier alpha value is -2.92. The van der Waals surface area contributed by atoms with E-state index in [1.807, 2.05) is 62.4 Å². The van der Waals surface area contributed by atoms with Gasteiger partial charge in [0.05, 0.1) is 17.9 Å². The van der Waals surface area contributed by atoms with E-state index in [4.69, 9.17) is 83.3 Å². The van der Waals surface area contributed by atoms with E-state index in [0.717, 1.165) is 135 Å². The van der Waals surface area contributed by atoms with Gasteiger partial charge in [0.1, 0.15) is 12.7 Å². The molecule has 3 aromatic rings. The summed E-state index contributed by atoms with van der Waals surface area (Å²) >= 11 is 19.2. The fourth-order valence-corrected chi connectivity index (χ4v) is 16.4. The van der Waals surface area contributed by atoms with E-state index >= 15 is 0 Å². The molecule has 14 rings (SSSR count). The van der Waals surface area contributed by atoms with Crippen molar-refractivity contribution in [2.75, 3.05) is 26.2 Å². The van der Waals surface area contributed by atoms with Crippen LogP contribution in [0.5, 0.6) is 0 Å². The van der Waals surface area contributed by atoms with Crippen LogP contribution in [-0.4, -0.2) is 89.5 Å². The second-order valence-electron chi connectivity index (χ2n) is 25.4. The molecule has 8 aliphatic heterocycles. The molecular formula is C65H85Cl3N2O10. The number of nitrogens with zero attached hydrogens (tertiary/aromatic N) is 2. The molecule has 8 saturated heterocycles. The summed E-state index contributed by atoms with van der Waals surface area (Å²) in [6.07, 6.45) is 14.7. The maximum absolute atomic E-state index is 11.5. The molecule has 2 spiro atoms. The van der Waals surface area contributed by atoms with Gasteiger partial charge in [-0.2, -0.15) is 0 Å². The first-order valence-corrected chi connectivity index (χ1v) is 31.3. The molecule has 3 aliphatic carbocycles. The van der Waals surface area contributed by atoms with Gasteiger partial charge >= 0.3 is 0 Å². The van der Waals surface area contributed by atoms with E-state index < -0.39 is 41.5 Å². The Labute approximate surface area is 489 Å². The average Bonchev–Trinajstić information content (AvgIpc) is 2.07. The van der Waals surface area contributed by atoms with E-state index in [9.17, 15) is 5.11 Å². The Morgan fingerprint density at radius 1 is 0.713 bits per heavy atom. The highest BCUT2D eigenvalue weighted by molar-refractivity contribution is 6.32. The molecule has 12 nitrogen and oxygen atoms in total. The van der Waals surface area contributed by atoms with E-state index in [1.54, 1.807) is 6.08 Å². The Morgan fingerprint density at radius 3 is 1.91 bits per heavy atom. The van der Waals surface area contributed by atoms with Crippen LogP contribution in [0.25, 0.3) is 22.8 Å². The van der Waals surface area contributed by atoms with Crippen molar-refractivity contribution >= 4 is 52.2 Å². The van der Waals surface area contributed by atoms with Crippen LogP contribution in [-0.2, 0) is 43.3 Å². The molecule has 80 heavy (non-hydrogen) atoms. The SMILES string of the molecule is C=CCO/N=C(/C[C@H]1O[C@@H]2OC3(C)CC[C@H]4[C@H](C)CC[C@@H]([C@H]1C)[C@@]24OO3)[C@H]1O[C@@H]2OC3(C)CC[C@H]4[C@H](C)CC[C@@H]([C@H]1C)[C@@]24OO3.CCCCN(CCCC)CC(O)c1cc(Cl)cc2c1-c1ccc(Cl)cc1/C2=C/c1ccc(Cl)cc1. The lowest BCUT2D eigenvalue weighted by molar-refractivity contribution is -0.571. The molecule has 15 heteroatoms. The first-order valence-electron chi connectivity index (χ1n) is 30.2. The fraction of sp³-hybridized carbons (Fsp3) is 0.646. The Morgan fingerprint density at radius 2 is 1.30 bits per heavy atom. The molecule has 3 unspecified atom stereocenters. The number of rotatable bonds is 16. The molecule has 3 aromatic carbocycles. The molecule has 0 aromatic heterocycles. The van der Waals surface area contributed by atoms with Crippen LogP contribution in [0, 0.1) is 47.3 Å². The summed E-state index contributed by atoms with van der Waals surface area (Å²) in [4.78, 5) is 33.1. The summed E-state index contributed by atoms with van der Waals surface area (Å²) in [6, 6.07) is 17.6. The van der Waals surface area contributed by atoms with Crippen LogP contribution in [0.2, 0.25) is 15.1 Å². The normalized spacial score (nSPS) is 38.3. The highest BCUT2D eigenvalue weighted by Gasteiger charge is 2.71. The van der Waals surface area contributed by atoms with Crippen molar-refractivity contribution in [2.24, 2.45) is 52.5 Å². The Bertz CT molecular complexity index is 2770. The lowest BCUT2D eigenvalue weighted by atomic mass is 9.56. The van der Waals surface area contributed by atoms with Crippen molar-refractivity contribution in [3.8, 4) is 11.1 Å². The Balaban J connectivity index is 0.000000175. The van der Waals surface area contributed by atoms with Crippen molar-refractivity contribution < 1.29 is 48.4 Å². The maximum atomic E-state index is 11.5. The molecule has 11 aliphatic rings. The van der Waals surface area contributed by atoms with Gasteiger partial charge in [0, 0.05) is 52.7 Å². The van der Waals surface area contributed by atoms with E-state index in [-0.39, 0.29) is 35.9 Å². The third-order valence-electron chi connectivity index (χ3n) is 20.2. The molecular weight excluding hydrogens is 1080 g/mol. The van der Waals surface area contributed by atoms with Crippen molar-refractivity contribution in [3.05, 3.63) is 105 Å². The van der Waals surface area contributed by atoms with Crippen LogP contribution in [0.3, 0.4) is 0 Å². The topological polar surface area (TPSA) is 119 Å². The van der Waals surface area contributed by atoms with Gasteiger partial charge < -0.3 is 33.8 Å². The van der Waals surface area contributed by atoms with Crippen molar-refractivity contribution in [3.63, 3.8) is 0 Å². The molecule has 2 saturated carbocycles. The van der Waals surface area contributed by atoms with Gasteiger partial charge in [-0.25, -0.2) is 19.6 Å². The van der Waals surface area contributed by atoms with Crippen LogP contribution in [0.15, 0.2) is 72.4 Å². The predicted octanol–water partition coefficient (Wildman–Crippen LogP) is 15.6. The molecule has 8 heterocycles. The van der Waals surface area contributed by atoms with Crippen molar-refractivity contribution in [2.45, 2.75) is 193 Å². The highest BCUT2D eigenvalue weighted by Crippen LogP contribution is 2.63. The first-order chi connectivity index (χ1) is 38.4. The minimum Gasteiger partial charge on any atom is -0.392 e. The quantitative estimate of drug-likeness (QED) is 0.0380. The van der Waals surface area contributed by atoms with Crippen LogP contribution in [0.4, 0.5) is 0 Å². The number of hydrogen-bond acceptors (Lipinski definition) is 12. The van der Waals surface area contributed by atoms with Gasteiger partial charge in [0.25, 0.3) is 0 Å². The van der Waals surface area contributed by atoms with Crippen molar-refractivity contribution in [1.82, 2.24) is 4.90 Å². The third-order valence-corrected chi connectivity index (χ3v) is 20.9. The monoisotopic (exact) mass is 1160 g/mol. The highest BCUT2D eigenvalue weighted by atomic mass is 35.5. The Kier molecular flexibility index (Phi) is 17.5. The number of aliphatic hydroxyl groups is 1. The van der Waals surface area contributed by atoms with Gasteiger partial charge in [-0.15, -0.1) is 0 Å². The predicted molar refractivity (Wildman–Crippen MR) is 313 cm³/mol. The number of benzene rings is 3. The average molecular weight is 1160 g/mol. The zero-order valence-corrected chi connectivity index (χ0v) is 50.5. The molecule has 4 bridgehead atoms. The van der Waals surface area contributed by atoms with Gasteiger partial charge in [-0.3, -0.25) is 0 Å². The molecule has 1 N–H and O–H groups in total. The fourth-order valence-electron chi connectivity index (χ4n) is 15.9. The number of ether oxygens (including phenoxy) is 4. The standard InChI is InChI=1S/C35H53NO9.C30H32Cl3NO/c1-8-17-37-36-27(29-22(5)26-12-10-20(3)24-14-16-33(7)41-31(39-29)35(24,26)45-43-33)18-28-21(4)25-11-9-19(2)23-13-15-32(6)40-30(38-28)34(23,25)44-42-32;1-3-5-13-34(14-6-4-2)19-29(35)28-18-23(33)17-27-25(15-20-7-9-21(31)10-8-20)26-16-22(32)11-12-24(26)30(27)28/h8,19-26,28-31H,1,9-18H2,2-7H3;7-12,15-18,29,35H,3-6,13-14,19H2,1-2H3/b36-27-;25-15-/t19-,20-,21-,22-,23+,24+,25+,26+,28-,29+,30-,31-,32?,33?,34-,35-;/m1./s1. The van der Waals surface area contributed by atoms with Crippen LogP contribution in [0.1, 0.15) is 167 Å². The van der Waals surface area contributed by atoms with Crippen LogP contribution < -0.4 is 0 Å². The lowest BCUT2D eigenvalue weighted by Crippen LogP contribution is -2.71. The number of oxime groups is 1. The second kappa shape index (κ2) is 23.9. The lowest BCUT2D eigenvalue weighted by Gasteiger charge is -2.61. The largest absolute Gasteiger partial charge is 0.392 e. The van der Waals surface area contributed by atoms with Gasteiger partial charge in [0.15, 0.2) is 23.8 Å². The zero-order valence-electron chi connectivity index (χ0n) is 48.2. The van der Waals surface area contributed by atoms with E-state index in [0.29, 0.717) is 58.3 Å². The summed E-state index contributed by atoms with van der Waals surface area (Å²) in [5.74, 6) is 0.701. The molecule has 10 fully saturated rings. The number of unbranched alkanes of at least 4 members (excludes halogenated alkanes) is 2. The van der Waals surface area contributed by atoms with E-state index in [2.05, 4.69) is 65.2 Å². The second-order valence-corrected chi connectivity index (χ2v) is 26.7. The molecule has 0 radical (unpaired) electrons. The van der Waals surface area contributed by atoms with Crippen molar-refractivity contribution in [1.29, 1.82) is 0 Å². The first kappa shape index (κ1) is 58.8. The minimum absolute atomic E-state index is 0.0999. The molecule has 0 amide bonds. The minimum atomic E-state index is -0.836. The smallest absolute Gasteiger partial charge is 0.201 e. The zero-order chi connectivity index (χ0) is 56.3.